The zero-order chi connectivity index (χ0) is 9.23. The SMILES string of the molecule is CCCCOC(CC)COCC. The molecule has 2 heteroatoms. The van der Waals surface area contributed by atoms with Gasteiger partial charge >= 0.3 is 0 Å². The van der Waals surface area contributed by atoms with Crippen LogP contribution in [0.15, 0.2) is 0 Å². The molecular weight excluding hydrogens is 152 g/mol. The second-order valence-corrected chi connectivity index (χ2v) is 2.91. The van der Waals surface area contributed by atoms with Gasteiger partial charge in [0.1, 0.15) is 0 Å². The minimum Gasteiger partial charge on any atom is -0.379 e. The first kappa shape index (κ1) is 11.9. The summed E-state index contributed by atoms with van der Waals surface area (Å²) in [5.41, 5.74) is 0. The number of unbranched alkanes of at least 4 members (excludes halogenated alkanes) is 1. The maximum absolute atomic E-state index is 5.61. The standard InChI is InChI=1S/C10H22O2/c1-4-7-8-12-10(5-2)9-11-6-3/h10H,4-9H2,1-3H3. The minimum atomic E-state index is 0.302. The lowest BCUT2D eigenvalue weighted by Gasteiger charge is -2.15. The molecular formula is C10H22O2. The number of hydrogen-bond acceptors (Lipinski definition) is 2. The molecule has 0 saturated carbocycles. The third-order valence-corrected chi connectivity index (χ3v) is 1.81. The minimum absolute atomic E-state index is 0.302. The zero-order valence-electron chi connectivity index (χ0n) is 8.64. The number of ether oxygens (including phenoxy) is 2. The van der Waals surface area contributed by atoms with Gasteiger partial charge in [0, 0.05) is 13.2 Å². The molecule has 0 N–H and O–H groups in total. The maximum atomic E-state index is 5.61. The fraction of sp³-hybridized carbons (Fsp3) is 1.00. The maximum Gasteiger partial charge on any atom is 0.0805 e. The fourth-order valence-corrected chi connectivity index (χ4v) is 0.927. The highest BCUT2D eigenvalue weighted by Gasteiger charge is 2.04. The molecule has 2 nitrogen and oxygen atoms in total. The van der Waals surface area contributed by atoms with Gasteiger partial charge in [0.15, 0.2) is 0 Å². The van der Waals surface area contributed by atoms with Crippen molar-refractivity contribution in [2.45, 2.75) is 46.1 Å². The first-order chi connectivity index (χ1) is 5.85. The van der Waals surface area contributed by atoms with E-state index >= 15 is 0 Å². The van der Waals surface area contributed by atoms with Crippen molar-refractivity contribution in [3.05, 3.63) is 0 Å². The molecule has 0 aliphatic heterocycles. The van der Waals surface area contributed by atoms with Gasteiger partial charge in [0.2, 0.25) is 0 Å². The van der Waals surface area contributed by atoms with Crippen LogP contribution in [0.3, 0.4) is 0 Å². The van der Waals surface area contributed by atoms with Crippen LogP contribution in [-0.4, -0.2) is 25.9 Å². The van der Waals surface area contributed by atoms with Crippen molar-refractivity contribution in [1.82, 2.24) is 0 Å². The second-order valence-electron chi connectivity index (χ2n) is 2.91. The monoisotopic (exact) mass is 174 g/mol. The Morgan fingerprint density at radius 1 is 1.17 bits per heavy atom. The Morgan fingerprint density at radius 3 is 2.42 bits per heavy atom. The Kier molecular flexibility index (Phi) is 8.95. The summed E-state index contributed by atoms with van der Waals surface area (Å²) in [7, 11) is 0. The van der Waals surface area contributed by atoms with Gasteiger partial charge in [-0.2, -0.15) is 0 Å². The molecule has 0 aromatic rings. The summed E-state index contributed by atoms with van der Waals surface area (Å²) in [5, 5.41) is 0. The van der Waals surface area contributed by atoms with Crippen molar-refractivity contribution < 1.29 is 9.47 Å². The van der Waals surface area contributed by atoms with Crippen LogP contribution in [0.5, 0.6) is 0 Å². The molecule has 1 atom stereocenters. The van der Waals surface area contributed by atoms with Gasteiger partial charge in [-0.3, -0.25) is 0 Å². The van der Waals surface area contributed by atoms with Crippen LogP contribution < -0.4 is 0 Å². The second kappa shape index (κ2) is 9.01. The van der Waals surface area contributed by atoms with Crippen molar-refractivity contribution in [1.29, 1.82) is 0 Å². The zero-order valence-corrected chi connectivity index (χ0v) is 8.64. The van der Waals surface area contributed by atoms with Crippen molar-refractivity contribution in [2.24, 2.45) is 0 Å². The molecule has 0 heterocycles. The molecule has 1 unspecified atom stereocenters. The van der Waals surface area contributed by atoms with Gasteiger partial charge in [-0.05, 0) is 19.8 Å². The highest BCUT2D eigenvalue weighted by molar-refractivity contribution is 4.52. The van der Waals surface area contributed by atoms with E-state index < -0.39 is 0 Å². The number of rotatable bonds is 8. The summed E-state index contributed by atoms with van der Waals surface area (Å²) in [5.74, 6) is 0. The van der Waals surface area contributed by atoms with Gasteiger partial charge in [-0.15, -0.1) is 0 Å². The summed E-state index contributed by atoms with van der Waals surface area (Å²) in [6.07, 6.45) is 3.70. The van der Waals surface area contributed by atoms with E-state index in [1.807, 2.05) is 6.92 Å². The molecule has 0 rings (SSSR count). The highest BCUT2D eigenvalue weighted by atomic mass is 16.5. The first-order valence-electron chi connectivity index (χ1n) is 5.04. The van der Waals surface area contributed by atoms with Crippen LogP contribution in [0.2, 0.25) is 0 Å². The van der Waals surface area contributed by atoms with Gasteiger partial charge in [0.25, 0.3) is 0 Å². The number of hydrogen-bond donors (Lipinski definition) is 0. The predicted molar refractivity (Wildman–Crippen MR) is 51.4 cm³/mol. The van der Waals surface area contributed by atoms with Gasteiger partial charge < -0.3 is 9.47 Å². The summed E-state index contributed by atoms with van der Waals surface area (Å²) in [6.45, 7) is 8.73. The topological polar surface area (TPSA) is 18.5 Å². The fourth-order valence-electron chi connectivity index (χ4n) is 0.927. The Hall–Kier alpha value is -0.0800. The van der Waals surface area contributed by atoms with E-state index in [-0.39, 0.29) is 0 Å². The molecule has 0 aliphatic rings. The average molecular weight is 174 g/mol. The van der Waals surface area contributed by atoms with E-state index in [0.29, 0.717) is 6.10 Å². The van der Waals surface area contributed by atoms with Crippen LogP contribution >= 0.6 is 0 Å². The lowest BCUT2D eigenvalue weighted by molar-refractivity contribution is -0.0159. The van der Waals surface area contributed by atoms with E-state index in [0.717, 1.165) is 32.7 Å². The third kappa shape index (κ3) is 6.62. The van der Waals surface area contributed by atoms with E-state index in [1.165, 1.54) is 6.42 Å². The lowest BCUT2D eigenvalue weighted by atomic mass is 10.3. The lowest BCUT2D eigenvalue weighted by Crippen LogP contribution is -2.19. The van der Waals surface area contributed by atoms with Crippen molar-refractivity contribution in [3.8, 4) is 0 Å². The van der Waals surface area contributed by atoms with E-state index in [1.54, 1.807) is 0 Å². The van der Waals surface area contributed by atoms with E-state index in [9.17, 15) is 0 Å². The molecule has 0 bridgehead atoms. The summed E-state index contributed by atoms with van der Waals surface area (Å²) < 4.78 is 10.9. The largest absolute Gasteiger partial charge is 0.379 e. The van der Waals surface area contributed by atoms with Crippen LogP contribution in [-0.2, 0) is 9.47 Å². The summed E-state index contributed by atoms with van der Waals surface area (Å²) >= 11 is 0. The van der Waals surface area contributed by atoms with Crippen LogP contribution in [0.4, 0.5) is 0 Å². The molecule has 12 heavy (non-hydrogen) atoms. The molecule has 0 fully saturated rings. The average Bonchev–Trinajstić information content (AvgIpc) is 2.11. The molecule has 0 aliphatic carbocycles. The van der Waals surface area contributed by atoms with Crippen LogP contribution in [0.25, 0.3) is 0 Å². The Morgan fingerprint density at radius 2 is 1.92 bits per heavy atom. The molecule has 0 amide bonds. The smallest absolute Gasteiger partial charge is 0.0805 e. The molecule has 0 aromatic carbocycles. The molecule has 0 spiro atoms. The van der Waals surface area contributed by atoms with Gasteiger partial charge in [0.05, 0.1) is 12.7 Å². The van der Waals surface area contributed by atoms with Crippen molar-refractivity contribution in [2.75, 3.05) is 19.8 Å². The van der Waals surface area contributed by atoms with E-state index in [4.69, 9.17) is 9.47 Å². The molecule has 0 radical (unpaired) electrons. The van der Waals surface area contributed by atoms with E-state index in [2.05, 4.69) is 13.8 Å². The van der Waals surface area contributed by atoms with Crippen molar-refractivity contribution >= 4 is 0 Å². The Balaban J connectivity index is 3.26. The quantitative estimate of drug-likeness (QED) is 0.527. The van der Waals surface area contributed by atoms with Crippen LogP contribution in [0.1, 0.15) is 40.0 Å². The predicted octanol–water partition coefficient (Wildman–Crippen LogP) is 2.62. The summed E-state index contributed by atoms with van der Waals surface area (Å²) in [6, 6.07) is 0. The van der Waals surface area contributed by atoms with Crippen LogP contribution in [0, 0.1) is 0 Å². The Labute approximate surface area is 76.3 Å². The molecule has 0 aromatic heterocycles. The van der Waals surface area contributed by atoms with Gasteiger partial charge in [-0.25, -0.2) is 0 Å². The third-order valence-electron chi connectivity index (χ3n) is 1.81. The summed E-state index contributed by atoms with van der Waals surface area (Å²) in [4.78, 5) is 0. The van der Waals surface area contributed by atoms with Gasteiger partial charge in [-0.1, -0.05) is 20.3 Å². The molecule has 0 saturated heterocycles. The first-order valence-corrected chi connectivity index (χ1v) is 5.04. The highest BCUT2D eigenvalue weighted by Crippen LogP contribution is 2.00. The Bertz CT molecular complexity index is 83.9. The normalized spacial score (nSPS) is 13.2. The molecule has 74 valence electrons. The van der Waals surface area contributed by atoms with Crippen molar-refractivity contribution in [3.63, 3.8) is 0 Å².